The second-order valence-corrected chi connectivity index (χ2v) is 15.1. The van der Waals surface area contributed by atoms with E-state index in [0.29, 0.717) is 35.5 Å². The number of aliphatic hydroxyl groups is 1. The molecule has 8 heteroatoms. The Morgan fingerprint density at radius 1 is 1.11 bits per heavy atom. The predicted molar refractivity (Wildman–Crippen MR) is 150 cm³/mol. The van der Waals surface area contributed by atoms with Crippen molar-refractivity contribution in [2.75, 3.05) is 23.0 Å². The molecule has 3 aliphatic rings. The van der Waals surface area contributed by atoms with Gasteiger partial charge >= 0.3 is 0 Å². The Morgan fingerprint density at radius 2 is 1.84 bits per heavy atom. The molecular weight excluding hydrogens is 496 g/mol. The van der Waals surface area contributed by atoms with Crippen LogP contribution < -0.4 is 9.80 Å². The number of anilines is 3. The van der Waals surface area contributed by atoms with Crippen LogP contribution in [0.25, 0.3) is 10.8 Å². The average Bonchev–Trinajstić information content (AvgIpc) is 3.43. The number of rotatable bonds is 6. The summed E-state index contributed by atoms with van der Waals surface area (Å²) in [6.45, 7) is 9.75. The third kappa shape index (κ3) is 3.24. The number of amides is 2. The zero-order chi connectivity index (χ0) is 27.0. The van der Waals surface area contributed by atoms with E-state index in [1.54, 1.807) is 15.9 Å². The third-order valence-electron chi connectivity index (χ3n) is 8.51. The number of aliphatic hydroxyl groups excluding tert-OH is 1. The first-order valence-corrected chi connectivity index (χ1v) is 16.1. The Bertz CT molecular complexity index is 1490. The molecular formula is C30H32N2O5Si. The van der Waals surface area contributed by atoms with Crippen LogP contribution in [0.15, 0.2) is 67.3 Å². The van der Waals surface area contributed by atoms with Gasteiger partial charge in [-0.3, -0.25) is 14.5 Å². The van der Waals surface area contributed by atoms with Crippen molar-refractivity contribution < 1.29 is 24.2 Å². The molecule has 0 unspecified atom stereocenters. The molecule has 0 saturated carbocycles. The second kappa shape index (κ2) is 8.61. The summed E-state index contributed by atoms with van der Waals surface area (Å²) in [5.74, 6) is -0.644. The third-order valence-corrected chi connectivity index (χ3v) is 11.0. The number of benzene rings is 3. The summed E-state index contributed by atoms with van der Waals surface area (Å²) in [6, 6.07) is 17.3. The number of carbonyl (C=O) groups is 2. The van der Waals surface area contributed by atoms with Gasteiger partial charge in [0.05, 0.1) is 23.0 Å². The normalized spacial score (nSPS) is 26.2. The van der Waals surface area contributed by atoms with Gasteiger partial charge in [0.25, 0.3) is 11.8 Å². The molecule has 0 aromatic heterocycles. The smallest absolute Gasteiger partial charge is 0.264 e. The highest BCUT2D eigenvalue weighted by Gasteiger charge is 2.66. The Hall–Kier alpha value is -3.30. The molecule has 2 amide bonds. The van der Waals surface area contributed by atoms with E-state index in [9.17, 15) is 19.5 Å². The topological polar surface area (TPSA) is 90.3 Å². The predicted octanol–water partition coefficient (Wildman–Crippen LogP) is 4.84. The molecule has 1 saturated heterocycles. The Balaban J connectivity index is 1.54. The maximum absolute atomic E-state index is 14.2. The Morgan fingerprint density at radius 3 is 2.53 bits per heavy atom. The van der Waals surface area contributed by atoms with E-state index in [0.717, 1.165) is 16.5 Å². The summed E-state index contributed by atoms with van der Waals surface area (Å²) in [5.41, 5.74) is 1.94. The summed E-state index contributed by atoms with van der Waals surface area (Å²) >= 11 is 0. The van der Waals surface area contributed by atoms with Crippen LogP contribution in [-0.2, 0) is 15.1 Å². The van der Waals surface area contributed by atoms with Crippen LogP contribution in [0.5, 0.6) is 0 Å². The minimum atomic E-state index is -2.79. The first kappa shape index (κ1) is 25.0. The van der Waals surface area contributed by atoms with Gasteiger partial charge in [0.1, 0.15) is 0 Å². The number of hydrogen-bond acceptors (Lipinski definition) is 5. The van der Waals surface area contributed by atoms with E-state index in [-0.39, 0.29) is 29.9 Å². The van der Waals surface area contributed by atoms with Gasteiger partial charge in [0.15, 0.2) is 13.9 Å². The van der Waals surface area contributed by atoms with Crippen LogP contribution in [0.1, 0.15) is 29.3 Å². The fraction of sp³-hybridized carbons (Fsp3) is 0.333. The van der Waals surface area contributed by atoms with E-state index in [2.05, 4.69) is 6.58 Å². The van der Waals surface area contributed by atoms with Gasteiger partial charge < -0.3 is 19.5 Å². The number of fused-ring (bicyclic) bond motifs is 2. The summed E-state index contributed by atoms with van der Waals surface area (Å²) in [7, 11) is -2.79. The molecule has 1 spiro atoms. The van der Waals surface area contributed by atoms with Gasteiger partial charge in [-0.25, -0.2) is 0 Å². The molecule has 4 atom stereocenters. The zero-order valence-corrected chi connectivity index (χ0v) is 22.8. The lowest BCUT2D eigenvalue weighted by atomic mass is 9.82. The lowest BCUT2D eigenvalue weighted by molar-refractivity contribution is -0.146. The van der Waals surface area contributed by atoms with Crippen molar-refractivity contribution in [3.63, 3.8) is 0 Å². The highest BCUT2D eigenvalue weighted by atomic mass is 28.4. The molecule has 1 fully saturated rings. The number of nitrogens with zero attached hydrogens (tertiary/aromatic N) is 2. The van der Waals surface area contributed by atoms with Crippen molar-refractivity contribution in [2.24, 2.45) is 5.92 Å². The van der Waals surface area contributed by atoms with E-state index in [1.165, 1.54) is 0 Å². The van der Waals surface area contributed by atoms with Crippen molar-refractivity contribution in [2.45, 2.75) is 43.7 Å². The fourth-order valence-electron chi connectivity index (χ4n) is 7.08. The van der Waals surface area contributed by atoms with Crippen molar-refractivity contribution >= 4 is 48.0 Å². The molecule has 3 aromatic rings. The monoisotopic (exact) mass is 528 g/mol. The van der Waals surface area contributed by atoms with Gasteiger partial charge in [-0.15, -0.1) is 6.58 Å². The highest BCUT2D eigenvalue weighted by Crippen LogP contribution is 2.60. The summed E-state index contributed by atoms with van der Waals surface area (Å²) in [6.07, 6.45) is 1.56. The fourth-order valence-corrected chi connectivity index (χ4v) is 9.69. The zero-order valence-electron chi connectivity index (χ0n) is 21.8. The molecule has 0 bridgehead atoms. The maximum Gasteiger partial charge on any atom is 0.264 e. The molecule has 3 heterocycles. The van der Waals surface area contributed by atoms with E-state index >= 15 is 0 Å². The first-order valence-electron chi connectivity index (χ1n) is 13.1. The minimum absolute atomic E-state index is 0.101. The van der Waals surface area contributed by atoms with Gasteiger partial charge in [0.2, 0.25) is 0 Å². The van der Waals surface area contributed by atoms with Crippen LogP contribution in [0.4, 0.5) is 17.1 Å². The largest absolute Gasteiger partial charge is 0.432 e. The molecule has 2 N–H and O–H groups in total. The molecule has 3 aromatic carbocycles. The average molecular weight is 529 g/mol. The molecule has 38 heavy (non-hydrogen) atoms. The van der Waals surface area contributed by atoms with Crippen molar-refractivity contribution in [1.82, 2.24) is 0 Å². The summed E-state index contributed by atoms with van der Waals surface area (Å²) in [4.78, 5) is 42.5. The van der Waals surface area contributed by atoms with E-state index in [1.807, 2.05) is 74.6 Å². The van der Waals surface area contributed by atoms with Crippen molar-refractivity contribution in [3.8, 4) is 0 Å². The lowest BCUT2D eigenvalue weighted by Crippen LogP contribution is -2.46. The van der Waals surface area contributed by atoms with Crippen molar-refractivity contribution in [1.29, 1.82) is 0 Å². The molecule has 7 nitrogen and oxygen atoms in total. The second-order valence-electron chi connectivity index (χ2n) is 11.1. The maximum atomic E-state index is 14.2. The van der Waals surface area contributed by atoms with E-state index in [4.69, 9.17) is 4.74 Å². The molecule has 0 radical (unpaired) electrons. The van der Waals surface area contributed by atoms with Crippen LogP contribution in [0, 0.1) is 5.92 Å². The van der Waals surface area contributed by atoms with E-state index < -0.39 is 20.0 Å². The van der Waals surface area contributed by atoms with Crippen LogP contribution in [0.3, 0.4) is 0 Å². The molecule has 0 aliphatic carbocycles. The molecule has 196 valence electrons. The quantitative estimate of drug-likeness (QED) is 0.353. The van der Waals surface area contributed by atoms with Gasteiger partial charge in [-0.1, -0.05) is 37.3 Å². The molecule has 6 rings (SSSR count). The Labute approximate surface area is 223 Å². The minimum Gasteiger partial charge on any atom is -0.432 e. The standard InChI is InChI=1S/C30H32N2O5Si/c1-5-15-31-23-13-12-20(32-24-11-7-9-19-8-6-10-21(26(19)24)28(32)34)17-22(23)30(29(31)35)18(2)27(38(3,4)36)25(37-30)14-16-33/h5-13,17-18,25,27,33,36H,1,14-16H2,2-4H3/t18-,25+,27-,30+/m1/s1. The molecule has 3 aliphatic heterocycles. The highest BCUT2D eigenvalue weighted by molar-refractivity contribution is 6.71. The van der Waals surface area contributed by atoms with Crippen molar-refractivity contribution in [3.05, 3.63) is 78.4 Å². The summed E-state index contributed by atoms with van der Waals surface area (Å²) in [5, 5.41) is 11.7. The van der Waals surface area contributed by atoms with Gasteiger partial charge in [0, 0.05) is 41.2 Å². The van der Waals surface area contributed by atoms with Crippen LogP contribution in [-0.4, -0.2) is 49.3 Å². The van der Waals surface area contributed by atoms with Crippen LogP contribution >= 0.6 is 0 Å². The SMILES string of the molecule is C=CCN1C(=O)[C@@]2(O[C@@H](CCO)[C@H]([Si](C)(C)O)[C@H]2C)c2cc(N3C(=O)c4cccc5cccc3c45)ccc21. The number of hydrogen-bond donors (Lipinski definition) is 2. The summed E-state index contributed by atoms with van der Waals surface area (Å²) < 4.78 is 6.67. The van der Waals surface area contributed by atoms with Gasteiger partial charge in [-0.05, 0) is 55.2 Å². The first-order chi connectivity index (χ1) is 18.1. The number of ether oxygens (including phenoxy) is 1. The van der Waals surface area contributed by atoms with Crippen LogP contribution in [0.2, 0.25) is 18.6 Å². The lowest BCUT2D eigenvalue weighted by Gasteiger charge is -2.32. The Kier molecular flexibility index (Phi) is 5.66. The van der Waals surface area contributed by atoms with Gasteiger partial charge in [-0.2, -0.15) is 0 Å². The number of carbonyl (C=O) groups excluding carboxylic acids is 2.